The third-order valence-corrected chi connectivity index (χ3v) is 2.90. The molecule has 0 aliphatic heterocycles. The lowest BCUT2D eigenvalue weighted by Crippen LogP contribution is -2.01. The molecule has 3 rings (SSSR count). The predicted octanol–water partition coefficient (Wildman–Crippen LogP) is 3.26. The predicted molar refractivity (Wildman–Crippen MR) is 73.0 cm³/mol. The van der Waals surface area contributed by atoms with Crippen LogP contribution in [0.4, 0.5) is 4.39 Å². The number of fused-ring (bicyclic) bond motifs is 1. The second-order valence-corrected chi connectivity index (χ2v) is 4.27. The standard InChI is InChI=1S/C15H9FN2O3/c16-9-5-6-13(11(7-9)15(19)20)21-14-8-17-18-12-4-2-1-3-10(12)14/h1-8H,(H,19,20). The minimum atomic E-state index is -1.27. The number of ether oxygens (including phenoxy) is 1. The Morgan fingerprint density at radius 2 is 1.95 bits per heavy atom. The minimum absolute atomic E-state index is 0.0436. The van der Waals surface area contributed by atoms with Crippen LogP contribution in [0.5, 0.6) is 11.5 Å². The fraction of sp³-hybridized carbons (Fsp3) is 0. The van der Waals surface area contributed by atoms with E-state index in [9.17, 15) is 9.18 Å². The Bertz CT molecular complexity index is 831. The fourth-order valence-electron chi connectivity index (χ4n) is 1.94. The smallest absolute Gasteiger partial charge is 0.339 e. The lowest BCUT2D eigenvalue weighted by Gasteiger charge is -2.10. The molecule has 6 heteroatoms. The van der Waals surface area contributed by atoms with E-state index >= 15 is 0 Å². The number of aromatic carboxylic acids is 1. The topological polar surface area (TPSA) is 72.3 Å². The normalized spacial score (nSPS) is 10.5. The summed E-state index contributed by atoms with van der Waals surface area (Å²) in [6.07, 6.45) is 1.39. The number of halogens is 1. The Balaban J connectivity index is 2.09. The van der Waals surface area contributed by atoms with Crippen LogP contribution in [0.1, 0.15) is 10.4 Å². The van der Waals surface area contributed by atoms with E-state index < -0.39 is 11.8 Å². The van der Waals surface area contributed by atoms with Gasteiger partial charge in [-0.25, -0.2) is 9.18 Å². The Labute approximate surface area is 118 Å². The number of hydrogen-bond donors (Lipinski definition) is 1. The second kappa shape index (κ2) is 5.16. The van der Waals surface area contributed by atoms with Crippen molar-refractivity contribution in [2.24, 2.45) is 0 Å². The molecule has 2 aromatic carbocycles. The van der Waals surface area contributed by atoms with Gasteiger partial charge in [-0.3, -0.25) is 0 Å². The summed E-state index contributed by atoms with van der Waals surface area (Å²) >= 11 is 0. The summed E-state index contributed by atoms with van der Waals surface area (Å²) in [7, 11) is 0. The number of carbonyl (C=O) groups is 1. The van der Waals surface area contributed by atoms with Crippen LogP contribution in [0.2, 0.25) is 0 Å². The van der Waals surface area contributed by atoms with E-state index in [-0.39, 0.29) is 11.3 Å². The van der Waals surface area contributed by atoms with Gasteiger partial charge in [-0.1, -0.05) is 12.1 Å². The second-order valence-electron chi connectivity index (χ2n) is 4.27. The van der Waals surface area contributed by atoms with Gasteiger partial charge in [0, 0.05) is 5.39 Å². The van der Waals surface area contributed by atoms with Crippen molar-refractivity contribution in [3.8, 4) is 11.5 Å². The van der Waals surface area contributed by atoms with Crippen molar-refractivity contribution in [3.63, 3.8) is 0 Å². The van der Waals surface area contributed by atoms with Crippen molar-refractivity contribution in [1.82, 2.24) is 10.2 Å². The Morgan fingerprint density at radius 3 is 2.76 bits per heavy atom. The number of hydrogen-bond acceptors (Lipinski definition) is 4. The van der Waals surface area contributed by atoms with Crippen LogP contribution >= 0.6 is 0 Å². The molecule has 1 heterocycles. The molecule has 0 radical (unpaired) electrons. The third kappa shape index (κ3) is 2.51. The average molecular weight is 284 g/mol. The zero-order valence-electron chi connectivity index (χ0n) is 10.7. The highest BCUT2D eigenvalue weighted by molar-refractivity contribution is 5.91. The number of nitrogens with zero attached hydrogens (tertiary/aromatic N) is 2. The van der Waals surface area contributed by atoms with E-state index in [0.29, 0.717) is 16.7 Å². The first-order valence-electron chi connectivity index (χ1n) is 6.06. The van der Waals surface area contributed by atoms with Crippen molar-refractivity contribution in [2.75, 3.05) is 0 Å². The van der Waals surface area contributed by atoms with E-state index in [1.807, 2.05) is 0 Å². The summed E-state index contributed by atoms with van der Waals surface area (Å²) in [6.45, 7) is 0. The Hall–Kier alpha value is -3.02. The molecular weight excluding hydrogens is 275 g/mol. The van der Waals surface area contributed by atoms with Crippen LogP contribution in [0, 0.1) is 5.82 Å². The van der Waals surface area contributed by atoms with Crippen LogP contribution < -0.4 is 4.74 Å². The average Bonchev–Trinajstić information content (AvgIpc) is 2.49. The minimum Gasteiger partial charge on any atom is -0.478 e. The Morgan fingerprint density at radius 1 is 1.14 bits per heavy atom. The van der Waals surface area contributed by atoms with E-state index in [2.05, 4.69) is 10.2 Å². The zero-order chi connectivity index (χ0) is 14.8. The number of aromatic nitrogens is 2. The maximum absolute atomic E-state index is 13.2. The molecule has 0 atom stereocenters. The maximum atomic E-state index is 13.2. The van der Waals surface area contributed by atoms with Crippen molar-refractivity contribution in [2.45, 2.75) is 0 Å². The molecule has 1 N–H and O–H groups in total. The highest BCUT2D eigenvalue weighted by atomic mass is 19.1. The quantitative estimate of drug-likeness (QED) is 0.799. The summed E-state index contributed by atoms with van der Waals surface area (Å²) in [5.74, 6) is -1.51. The first kappa shape index (κ1) is 13.0. The van der Waals surface area contributed by atoms with Crippen molar-refractivity contribution >= 4 is 16.9 Å². The van der Waals surface area contributed by atoms with E-state index in [1.165, 1.54) is 12.3 Å². The molecule has 0 unspecified atom stereocenters. The number of carboxylic acid groups (broad SMARTS) is 1. The molecule has 21 heavy (non-hydrogen) atoms. The van der Waals surface area contributed by atoms with Crippen molar-refractivity contribution < 1.29 is 19.0 Å². The molecular formula is C15H9FN2O3. The molecule has 0 spiro atoms. The van der Waals surface area contributed by atoms with Gasteiger partial charge < -0.3 is 9.84 Å². The fourth-order valence-corrected chi connectivity index (χ4v) is 1.94. The highest BCUT2D eigenvalue weighted by Crippen LogP contribution is 2.30. The zero-order valence-corrected chi connectivity index (χ0v) is 10.7. The summed E-state index contributed by atoms with van der Waals surface area (Å²) in [5.41, 5.74) is 0.366. The van der Waals surface area contributed by atoms with Crippen LogP contribution in [0.3, 0.4) is 0 Å². The van der Waals surface area contributed by atoms with Crippen LogP contribution in [-0.2, 0) is 0 Å². The van der Waals surface area contributed by atoms with Gasteiger partial charge in [0.1, 0.15) is 17.1 Å². The molecule has 0 saturated carbocycles. The van der Waals surface area contributed by atoms with Gasteiger partial charge in [0.25, 0.3) is 0 Å². The molecule has 5 nitrogen and oxygen atoms in total. The lowest BCUT2D eigenvalue weighted by molar-refractivity contribution is 0.0693. The monoisotopic (exact) mass is 284 g/mol. The van der Waals surface area contributed by atoms with E-state index in [4.69, 9.17) is 9.84 Å². The molecule has 104 valence electrons. The van der Waals surface area contributed by atoms with Crippen LogP contribution in [0.15, 0.2) is 48.7 Å². The van der Waals surface area contributed by atoms with E-state index in [0.717, 1.165) is 12.1 Å². The maximum Gasteiger partial charge on any atom is 0.339 e. The molecule has 0 amide bonds. The van der Waals surface area contributed by atoms with E-state index in [1.54, 1.807) is 24.3 Å². The lowest BCUT2D eigenvalue weighted by atomic mass is 10.2. The largest absolute Gasteiger partial charge is 0.478 e. The van der Waals surface area contributed by atoms with Crippen LogP contribution in [0.25, 0.3) is 10.9 Å². The van der Waals surface area contributed by atoms with Gasteiger partial charge in [0.05, 0.1) is 11.7 Å². The molecule has 0 aliphatic rings. The summed E-state index contributed by atoms with van der Waals surface area (Å²) in [4.78, 5) is 11.2. The first-order chi connectivity index (χ1) is 10.1. The van der Waals surface area contributed by atoms with Gasteiger partial charge in [-0.15, -0.1) is 0 Å². The van der Waals surface area contributed by atoms with Crippen LogP contribution in [-0.4, -0.2) is 21.3 Å². The van der Waals surface area contributed by atoms with Crippen molar-refractivity contribution in [1.29, 1.82) is 0 Å². The molecule has 0 aliphatic carbocycles. The van der Waals surface area contributed by atoms with Gasteiger partial charge in [-0.2, -0.15) is 10.2 Å². The van der Waals surface area contributed by atoms with Gasteiger partial charge in [0.2, 0.25) is 0 Å². The number of carboxylic acids is 1. The third-order valence-electron chi connectivity index (χ3n) is 2.90. The van der Waals surface area contributed by atoms with Crippen molar-refractivity contribution in [3.05, 3.63) is 60.0 Å². The molecule has 1 aromatic heterocycles. The highest BCUT2D eigenvalue weighted by Gasteiger charge is 2.14. The molecule has 0 fully saturated rings. The summed E-state index contributed by atoms with van der Waals surface area (Å²) < 4.78 is 18.7. The summed E-state index contributed by atoms with van der Waals surface area (Å²) in [6, 6.07) is 10.5. The number of benzene rings is 2. The Kier molecular flexibility index (Phi) is 3.19. The van der Waals surface area contributed by atoms with Gasteiger partial charge in [-0.05, 0) is 30.3 Å². The van der Waals surface area contributed by atoms with Gasteiger partial charge in [0.15, 0.2) is 5.75 Å². The molecule has 0 saturated heterocycles. The molecule has 0 bridgehead atoms. The number of rotatable bonds is 3. The molecule has 3 aromatic rings. The SMILES string of the molecule is O=C(O)c1cc(F)ccc1Oc1cnnc2ccccc12. The first-order valence-corrected chi connectivity index (χ1v) is 6.06. The van der Waals surface area contributed by atoms with Gasteiger partial charge >= 0.3 is 5.97 Å². The summed E-state index contributed by atoms with van der Waals surface area (Å²) in [5, 5.41) is 17.5.